The largest absolute Gasteiger partial charge is 0.387 e. The van der Waals surface area contributed by atoms with E-state index in [0.29, 0.717) is 22.8 Å². The fourth-order valence-electron chi connectivity index (χ4n) is 2.03. The van der Waals surface area contributed by atoms with Gasteiger partial charge in [-0.25, -0.2) is 0 Å². The molecule has 0 unspecified atom stereocenters. The van der Waals surface area contributed by atoms with Crippen LogP contribution in [-0.2, 0) is 14.5 Å². The molecule has 0 amide bonds. The van der Waals surface area contributed by atoms with Crippen LogP contribution in [-0.4, -0.2) is 40.4 Å². The van der Waals surface area contributed by atoms with Gasteiger partial charge in [0.15, 0.2) is 13.2 Å². The first-order valence-corrected chi connectivity index (χ1v) is 8.18. The second-order valence-corrected chi connectivity index (χ2v) is 5.77. The number of carbonyl (C=O) groups is 1. The van der Waals surface area contributed by atoms with Crippen molar-refractivity contribution >= 4 is 17.2 Å². The van der Waals surface area contributed by atoms with E-state index >= 15 is 0 Å². The third-order valence-corrected chi connectivity index (χ3v) is 3.37. The molecule has 0 spiro atoms. The summed E-state index contributed by atoms with van der Waals surface area (Å²) in [4.78, 5) is 30.6. The lowest BCUT2D eigenvalue weighted by Crippen LogP contribution is -2.14. The Labute approximate surface area is 152 Å². The Balaban J connectivity index is 1.78. The Morgan fingerprint density at radius 1 is 0.846 bits per heavy atom. The molecule has 2 aromatic rings. The number of aromatic nitrogens is 2. The van der Waals surface area contributed by atoms with Gasteiger partial charge in [-0.3, -0.25) is 14.8 Å². The smallest absolute Gasteiger partial charge is 0.213 e. The average Bonchev–Trinajstić information content (AvgIpc) is 2.61. The molecule has 2 aromatic heterocycles. The molecule has 0 fully saturated rings. The van der Waals surface area contributed by atoms with Crippen molar-refractivity contribution in [3.8, 4) is 0 Å². The zero-order chi connectivity index (χ0) is 18.9. The summed E-state index contributed by atoms with van der Waals surface area (Å²) in [7, 11) is 0. The van der Waals surface area contributed by atoms with Gasteiger partial charge in [-0.2, -0.15) is 0 Å². The van der Waals surface area contributed by atoms with E-state index in [4.69, 9.17) is 9.68 Å². The highest BCUT2D eigenvalue weighted by atomic mass is 16.6. The van der Waals surface area contributed by atoms with E-state index in [1.165, 1.54) is 0 Å². The standard InChI is InChI=1S/C19H22N4O3/c1-13-7-5-9-18(20-13)15(3)22-25-11-17(24)12-26-23-16(4)19-10-6-8-14(2)21-19/h5-10H,11-12H2,1-4H3/b22-15-,23-16-. The highest BCUT2D eigenvalue weighted by molar-refractivity contribution is 5.97. The van der Waals surface area contributed by atoms with Crippen LogP contribution in [0.1, 0.15) is 36.6 Å². The van der Waals surface area contributed by atoms with Gasteiger partial charge in [0.05, 0.1) is 11.4 Å². The summed E-state index contributed by atoms with van der Waals surface area (Å²) in [5.74, 6) is -0.271. The monoisotopic (exact) mass is 354 g/mol. The molecule has 136 valence electrons. The molecular weight excluding hydrogens is 332 g/mol. The molecule has 0 saturated heterocycles. The van der Waals surface area contributed by atoms with Gasteiger partial charge in [-0.05, 0) is 52.0 Å². The van der Waals surface area contributed by atoms with Gasteiger partial charge in [0.1, 0.15) is 11.4 Å². The quantitative estimate of drug-likeness (QED) is 0.537. The zero-order valence-electron chi connectivity index (χ0n) is 15.4. The predicted octanol–water partition coefficient (Wildman–Crippen LogP) is 2.84. The molecule has 0 N–H and O–H groups in total. The van der Waals surface area contributed by atoms with Crippen molar-refractivity contribution in [3.05, 3.63) is 59.2 Å². The Hall–Kier alpha value is -3.09. The molecule has 7 nitrogen and oxygen atoms in total. The van der Waals surface area contributed by atoms with Crippen LogP contribution in [0.2, 0.25) is 0 Å². The Bertz CT molecular complexity index is 764. The van der Waals surface area contributed by atoms with E-state index in [-0.39, 0.29) is 19.0 Å². The van der Waals surface area contributed by atoms with E-state index in [9.17, 15) is 4.79 Å². The van der Waals surface area contributed by atoms with Crippen molar-refractivity contribution < 1.29 is 14.5 Å². The fourth-order valence-corrected chi connectivity index (χ4v) is 2.03. The molecule has 0 aliphatic carbocycles. The van der Waals surface area contributed by atoms with Crippen LogP contribution in [0.15, 0.2) is 46.7 Å². The lowest BCUT2D eigenvalue weighted by atomic mass is 10.2. The molecule has 7 heteroatoms. The first kappa shape index (κ1) is 19.2. The molecule has 0 radical (unpaired) electrons. The van der Waals surface area contributed by atoms with Crippen molar-refractivity contribution in [3.63, 3.8) is 0 Å². The van der Waals surface area contributed by atoms with Crippen LogP contribution in [0, 0.1) is 13.8 Å². The molecule has 0 saturated carbocycles. The van der Waals surface area contributed by atoms with E-state index in [0.717, 1.165) is 11.4 Å². The third kappa shape index (κ3) is 6.08. The minimum absolute atomic E-state index is 0.194. The number of hydrogen-bond donors (Lipinski definition) is 0. The van der Waals surface area contributed by atoms with Crippen molar-refractivity contribution in [2.45, 2.75) is 27.7 Å². The Morgan fingerprint density at radius 2 is 1.27 bits per heavy atom. The average molecular weight is 354 g/mol. The van der Waals surface area contributed by atoms with E-state index in [2.05, 4.69) is 20.3 Å². The van der Waals surface area contributed by atoms with Crippen LogP contribution in [0.5, 0.6) is 0 Å². The molecule has 2 rings (SSSR count). The number of rotatable bonds is 8. The highest BCUT2D eigenvalue weighted by Crippen LogP contribution is 2.02. The maximum Gasteiger partial charge on any atom is 0.213 e. The van der Waals surface area contributed by atoms with Crippen molar-refractivity contribution in [2.24, 2.45) is 10.3 Å². The first-order chi connectivity index (χ1) is 12.5. The summed E-state index contributed by atoms with van der Waals surface area (Å²) in [6, 6.07) is 11.2. The van der Waals surface area contributed by atoms with Gasteiger partial charge >= 0.3 is 0 Å². The van der Waals surface area contributed by atoms with Gasteiger partial charge in [0, 0.05) is 11.4 Å². The number of aryl methyl sites for hydroxylation is 2. The third-order valence-electron chi connectivity index (χ3n) is 3.37. The van der Waals surface area contributed by atoms with Gasteiger partial charge < -0.3 is 9.68 Å². The summed E-state index contributed by atoms with van der Waals surface area (Å²) in [5.41, 5.74) is 4.39. The van der Waals surface area contributed by atoms with Crippen molar-refractivity contribution in [1.29, 1.82) is 0 Å². The lowest BCUT2D eigenvalue weighted by molar-refractivity contribution is -0.128. The first-order valence-electron chi connectivity index (χ1n) is 8.18. The van der Waals surface area contributed by atoms with E-state index in [1.54, 1.807) is 13.8 Å². The normalized spacial score (nSPS) is 12.0. The van der Waals surface area contributed by atoms with Gasteiger partial charge in [0.2, 0.25) is 5.78 Å². The SMILES string of the molecule is C/C(=N/OCC(=O)CO/N=C(/C)c1cccc(C)n1)c1cccc(C)n1. The van der Waals surface area contributed by atoms with Gasteiger partial charge in [-0.15, -0.1) is 0 Å². The molecule has 0 aliphatic rings. The number of Topliss-reactive ketones (excluding diaryl/α,β-unsaturated/α-hetero) is 1. The second-order valence-electron chi connectivity index (χ2n) is 5.77. The van der Waals surface area contributed by atoms with Crippen LogP contribution < -0.4 is 0 Å². The van der Waals surface area contributed by atoms with Crippen LogP contribution in [0.3, 0.4) is 0 Å². The Morgan fingerprint density at radius 3 is 1.65 bits per heavy atom. The number of nitrogens with zero attached hydrogens (tertiary/aromatic N) is 4. The van der Waals surface area contributed by atoms with Crippen molar-refractivity contribution in [1.82, 2.24) is 9.97 Å². The maximum atomic E-state index is 11.8. The highest BCUT2D eigenvalue weighted by Gasteiger charge is 2.06. The summed E-state index contributed by atoms with van der Waals surface area (Å²) in [6.07, 6.45) is 0. The number of oxime groups is 2. The summed E-state index contributed by atoms with van der Waals surface area (Å²) in [6.45, 7) is 6.94. The van der Waals surface area contributed by atoms with Crippen LogP contribution in [0.25, 0.3) is 0 Å². The zero-order valence-corrected chi connectivity index (χ0v) is 15.4. The molecule has 0 aliphatic heterocycles. The fraction of sp³-hybridized carbons (Fsp3) is 0.316. The summed E-state index contributed by atoms with van der Waals surface area (Å²) < 4.78 is 0. The summed E-state index contributed by atoms with van der Waals surface area (Å²) in [5, 5.41) is 7.82. The minimum Gasteiger partial charge on any atom is -0.387 e. The molecular formula is C19H22N4O3. The topological polar surface area (TPSA) is 86.0 Å². The number of pyridine rings is 2. The number of hydrogen-bond acceptors (Lipinski definition) is 7. The Kier molecular flexibility index (Phi) is 6.96. The van der Waals surface area contributed by atoms with E-state index in [1.807, 2.05) is 50.2 Å². The van der Waals surface area contributed by atoms with Crippen LogP contribution in [0.4, 0.5) is 0 Å². The van der Waals surface area contributed by atoms with E-state index < -0.39 is 0 Å². The number of carbonyl (C=O) groups excluding carboxylic acids is 1. The maximum absolute atomic E-state index is 11.8. The minimum atomic E-state index is -0.271. The molecule has 26 heavy (non-hydrogen) atoms. The van der Waals surface area contributed by atoms with Crippen LogP contribution >= 0.6 is 0 Å². The number of ketones is 1. The molecule has 2 heterocycles. The van der Waals surface area contributed by atoms with Crippen molar-refractivity contribution in [2.75, 3.05) is 13.2 Å². The van der Waals surface area contributed by atoms with Gasteiger partial charge in [-0.1, -0.05) is 22.4 Å². The molecule has 0 atom stereocenters. The summed E-state index contributed by atoms with van der Waals surface area (Å²) >= 11 is 0. The predicted molar refractivity (Wildman–Crippen MR) is 99.3 cm³/mol. The molecule has 0 bridgehead atoms. The van der Waals surface area contributed by atoms with Gasteiger partial charge in [0.25, 0.3) is 0 Å². The second kappa shape index (κ2) is 9.41. The molecule has 0 aromatic carbocycles. The lowest BCUT2D eigenvalue weighted by Gasteiger charge is -2.03.